The van der Waals surface area contributed by atoms with E-state index in [9.17, 15) is 4.79 Å². The van der Waals surface area contributed by atoms with E-state index in [1.807, 2.05) is 49.3 Å². The molecule has 0 spiro atoms. The molecule has 24 heavy (non-hydrogen) atoms. The Balaban J connectivity index is 1.68. The second-order valence-corrected chi connectivity index (χ2v) is 5.99. The van der Waals surface area contributed by atoms with Gasteiger partial charge in [0.1, 0.15) is 0 Å². The van der Waals surface area contributed by atoms with Crippen molar-refractivity contribution in [3.8, 4) is 0 Å². The number of nitrogens with one attached hydrogen (secondary N) is 2. The lowest BCUT2D eigenvalue weighted by Gasteiger charge is -2.12. The summed E-state index contributed by atoms with van der Waals surface area (Å²) >= 11 is 6.10. The number of aromatic amines is 1. The third kappa shape index (κ3) is 3.41. The molecule has 0 unspecified atom stereocenters. The van der Waals surface area contributed by atoms with Crippen LogP contribution >= 0.6 is 11.6 Å². The molecule has 1 aromatic heterocycles. The Morgan fingerprint density at radius 3 is 2.67 bits per heavy atom. The Hall–Kier alpha value is -2.79. The molecule has 2 N–H and O–H groups in total. The number of fused-ring (bicyclic) bond motifs is 1. The predicted molar refractivity (Wildman–Crippen MR) is 99.1 cm³/mol. The number of carbonyl (C=O) groups is 1. The Labute approximate surface area is 144 Å². The van der Waals surface area contributed by atoms with E-state index in [1.165, 1.54) is 0 Å². The summed E-state index contributed by atoms with van der Waals surface area (Å²) in [5.41, 5.74) is 5.93. The molecular formula is C18H17ClN4O. The Bertz CT molecular complexity index is 897. The van der Waals surface area contributed by atoms with E-state index >= 15 is 0 Å². The molecule has 0 aliphatic carbocycles. The summed E-state index contributed by atoms with van der Waals surface area (Å²) < 4.78 is 0. The summed E-state index contributed by atoms with van der Waals surface area (Å²) in [6.07, 6.45) is 3.33. The van der Waals surface area contributed by atoms with Crippen molar-refractivity contribution in [1.29, 1.82) is 0 Å². The maximum atomic E-state index is 12.1. The highest BCUT2D eigenvalue weighted by Gasteiger charge is 2.05. The summed E-state index contributed by atoms with van der Waals surface area (Å²) in [5, 5.41) is 5.59. The summed E-state index contributed by atoms with van der Waals surface area (Å²) in [6, 6.07) is 13.1. The summed E-state index contributed by atoms with van der Waals surface area (Å²) in [6.45, 7) is 0. The van der Waals surface area contributed by atoms with Gasteiger partial charge in [0, 0.05) is 42.4 Å². The van der Waals surface area contributed by atoms with Crippen LogP contribution in [0, 0.1) is 0 Å². The van der Waals surface area contributed by atoms with Crippen LogP contribution in [0.5, 0.6) is 0 Å². The summed E-state index contributed by atoms with van der Waals surface area (Å²) in [5.74, 6) is -0.252. The van der Waals surface area contributed by atoms with Crippen molar-refractivity contribution in [1.82, 2.24) is 10.4 Å². The molecule has 6 heteroatoms. The smallest absolute Gasteiger partial charge is 0.271 e. The second-order valence-electron chi connectivity index (χ2n) is 5.58. The van der Waals surface area contributed by atoms with E-state index in [4.69, 9.17) is 11.6 Å². The average molecular weight is 341 g/mol. The molecule has 122 valence electrons. The maximum Gasteiger partial charge on any atom is 0.271 e. The highest BCUT2D eigenvalue weighted by atomic mass is 35.5. The minimum atomic E-state index is -0.252. The van der Waals surface area contributed by atoms with Gasteiger partial charge in [-0.15, -0.1) is 0 Å². The topological polar surface area (TPSA) is 60.5 Å². The van der Waals surface area contributed by atoms with Gasteiger partial charge in [-0.3, -0.25) is 4.79 Å². The summed E-state index contributed by atoms with van der Waals surface area (Å²) in [4.78, 5) is 17.1. The number of hydrogen-bond donors (Lipinski definition) is 2. The molecule has 1 heterocycles. The molecule has 2 aromatic carbocycles. The van der Waals surface area contributed by atoms with Crippen LogP contribution in [0.3, 0.4) is 0 Å². The van der Waals surface area contributed by atoms with Crippen molar-refractivity contribution >= 4 is 40.3 Å². The lowest BCUT2D eigenvalue weighted by Crippen LogP contribution is -2.17. The van der Waals surface area contributed by atoms with Gasteiger partial charge in [-0.05, 0) is 42.0 Å². The number of hydrazone groups is 1. The number of amides is 1. The number of nitrogens with zero attached hydrogens (tertiary/aromatic N) is 2. The fourth-order valence-corrected chi connectivity index (χ4v) is 2.54. The maximum absolute atomic E-state index is 12.1. The van der Waals surface area contributed by atoms with Gasteiger partial charge in [-0.25, -0.2) is 5.43 Å². The average Bonchev–Trinajstić information content (AvgIpc) is 2.95. The first-order valence-corrected chi connectivity index (χ1v) is 7.80. The first kappa shape index (κ1) is 16.1. The van der Waals surface area contributed by atoms with Crippen LogP contribution < -0.4 is 10.3 Å². The molecule has 0 radical (unpaired) electrons. The van der Waals surface area contributed by atoms with E-state index in [2.05, 4.69) is 15.5 Å². The predicted octanol–water partition coefficient (Wildman–Crippen LogP) is 3.65. The fraction of sp³-hybridized carbons (Fsp3) is 0.111. The Morgan fingerprint density at radius 2 is 1.96 bits per heavy atom. The second kappa shape index (κ2) is 6.76. The molecule has 0 saturated heterocycles. The first-order valence-electron chi connectivity index (χ1n) is 7.42. The number of carbonyl (C=O) groups excluding carboxylic acids is 1. The largest absolute Gasteiger partial charge is 0.378 e. The number of rotatable bonds is 4. The van der Waals surface area contributed by atoms with Crippen LogP contribution in [0.25, 0.3) is 10.9 Å². The van der Waals surface area contributed by atoms with Gasteiger partial charge >= 0.3 is 0 Å². The van der Waals surface area contributed by atoms with Crippen LogP contribution in [0.15, 0.2) is 53.8 Å². The zero-order chi connectivity index (χ0) is 17.1. The number of anilines is 1. The molecule has 0 saturated carbocycles. The minimum absolute atomic E-state index is 0.252. The SMILES string of the molecule is CN(C)c1ccc(C(=O)N/N=C/c2ccc3[nH]cc(Cl)c3c2)cc1. The van der Waals surface area contributed by atoms with E-state index in [0.717, 1.165) is 22.2 Å². The van der Waals surface area contributed by atoms with Crippen LogP contribution in [-0.2, 0) is 0 Å². The molecular weight excluding hydrogens is 324 g/mol. The van der Waals surface area contributed by atoms with Crippen LogP contribution in [0.4, 0.5) is 5.69 Å². The third-order valence-electron chi connectivity index (χ3n) is 3.68. The van der Waals surface area contributed by atoms with E-state index in [-0.39, 0.29) is 5.91 Å². The lowest BCUT2D eigenvalue weighted by atomic mass is 10.2. The van der Waals surface area contributed by atoms with Crippen molar-refractivity contribution in [3.05, 3.63) is 64.8 Å². The van der Waals surface area contributed by atoms with E-state index < -0.39 is 0 Å². The van der Waals surface area contributed by atoms with Gasteiger partial charge in [0.2, 0.25) is 0 Å². The van der Waals surface area contributed by atoms with Gasteiger partial charge in [0.25, 0.3) is 5.91 Å². The minimum Gasteiger partial charge on any atom is -0.378 e. The molecule has 0 bridgehead atoms. The lowest BCUT2D eigenvalue weighted by molar-refractivity contribution is 0.0955. The molecule has 0 fully saturated rings. The monoisotopic (exact) mass is 340 g/mol. The van der Waals surface area contributed by atoms with Crippen molar-refractivity contribution in [2.24, 2.45) is 5.10 Å². The zero-order valence-electron chi connectivity index (χ0n) is 13.4. The molecule has 1 amide bonds. The fourth-order valence-electron chi connectivity index (χ4n) is 2.33. The number of hydrogen-bond acceptors (Lipinski definition) is 3. The van der Waals surface area contributed by atoms with Gasteiger partial charge < -0.3 is 9.88 Å². The third-order valence-corrected chi connectivity index (χ3v) is 3.99. The quantitative estimate of drug-likeness (QED) is 0.562. The normalized spacial score (nSPS) is 11.1. The number of benzene rings is 2. The van der Waals surface area contributed by atoms with Crippen molar-refractivity contribution in [2.45, 2.75) is 0 Å². The highest BCUT2D eigenvalue weighted by Crippen LogP contribution is 2.23. The van der Waals surface area contributed by atoms with E-state index in [1.54, 1.807) is 24.5 Å². The highest BCUT2D eigenvalue weighted by molar-refractivity contribution is 6.35. The number of H-pyrrole nitrogens is 1. The number of halogens is 1. The molecule has 3 rings (SSSR count). The van der Waals surface area contributed by atoms with Crippen LogP contribution in [0.1, 0.15) is 15.9 Å². The van der Waals surface area contributed by atoms with Crippen molar-refractivity contribution < 1.29 is 4.79 Å². The summed E-state index contributed by atoms with van der Waals surface area (Å²) in [7, 11) is 3.90. The van der Waals surface area contributed by atoms with Gasteiger partial charge in [-0.1, -0.05) is 17.7 Å². The molecule has 0 aliphatic heterocycles. The van der Waals surface area contributed by atoms with Gasteiger partial charge in [-0.2, -0.15) is 5.10 Å². The standard InChI is InChI=1S/C18H17ClN4O/c1-23(2)14-6-4-13(5-7-14)18(24)22-21-10-12-3-8-17-15(9-12)16(19)11-20-17/h3-11,20H,1-2H3,(H,22,24)/b21-10+. The number of aromatic nitrogens is 1. The molecule has 5 nitrogen and oxygen atoms in total. The molecule has 0 atom stereocenters. The van der Waals surface area contributed by atoms with Crippen molar-refractivity contribution in [3.63, 3.8) is 0 Å². The Kier molecular flexibility index (Phi) is 4.53. The van der Waals surface area contributed by atoms with Gasteiger partial charge in [0.05, 0.1) is 11.2 Å². The van der Waals surface area contributed by atoms with Crippen LogP contribution in [-0.4, -0.2) is 31.2 Å². The first-order chi connectivity index (χ1) is 11.5. The van der Waals surface area contributed by atoms with E-state index in [0.29, 0.717) is 10.6 Å². The van der Waals surface area contributed by atoms with Crippen LogP contribution in [0.2, 0.25) is 5.02 Å². The molecule has 0 aliphatic rings. The Morgan fingerprint density at radius 1 is 1.21 bits per heavy atom. The molecule has 3 aromatic rings. The zero-order valence-corrected chi connectivity index (χ0v) is 14.1. The van der Waals surface area contributed by atoms with Crippen molar-refractivity contribution in [2.75, 3.05) is 19.0 Å². The van der Waals surface area contributed by atoms with Gasteiger partial charge in [0.15, 0.2) is 0 Å².